The number of aliphatic hydroxyl groups is 1. The van der Waals surface area contributed by atoms with Gasteiger partial charge in [-0.2, -0.15) is 0 Å². The number of para-hydroxylation sites is 1. The summed E-state index contributed by atoms with van der Waals surface area (Å²) >= 11 is 0. The van der Waals surface area contributed by atoms with E-state index in [-0.39, 0.29) is 49.9 Å². The first-order valence-electron chi connectivity index (χ1n) is 14.6. The Kier molecular flexibility index (Phi) is 11.1. The van der Waals surface area contributed by atoms with Crippen molar-refractivity contribution in [1.29, 1.82) is 0 Å². The molecule has 0 radical (unpaired) electrons. The topological polar surface area (TPSA) is 112 Å². The Morgan fingerprint density at radius 3 is 2.62 bits per heavy atom. The van der Waals surface area contributed by atoms with E-state index in [2.05, 4.69) is 23.5 Å². The van der Waals surface area contributed by atoms with Crippen LogP contribution < -0.4 is 5.32 Å². The first-order chi connectivity index (χ1) is 20.4. The maximum Gasteiger partial charge on any atom is 0.305 e. The van der Waals surface area contributed by atoms with Crippen LogP contribution in [0.15, 0.2) is 80.0 Å². The number of hydrogen-bond acceptors (Lipinski definition) is 5. The van der Waals surface area contributed by atoms with Crippen molar-refractivity contribution < 1.29 is 24.2 Å². The number of rotatable bonds is 15. The van der Waals surface area contributed by atoms with Crippen molar-refractivity contribution in [3.8, 4) is 0 Å². The lowest BCUT2D eigenvalue weighted by molar-refractivity contribution is -0.145. The number of nitrogens with one attached hydrogen (secondary N) is 2. The Balaban J connectivity index is 1.46. The van der Waals surface area contributed by atoms with E-state index in [0.717, 1.165) is 34.0 Å². The fraction of sp³-hybridized carbons (Fsp3) is 0.382. The fourth-order valence-corrected chi connectivity index (χ4v) is 5.55. The van der Waals surface area contributed by atoms with Crippen molar-refractivity contribution in [1.82, 2.24) is 15.2 Å². The highest BCUT2D eigenvalue weighted by Gasteiger charge is 2.32. The van der Waals surface area contributed by atoms with Crippen molar-refractivity contribution in [3.63, 3.8) is 0 Å². The van der Waals surface area contributed by atoms with E-state index in [9.17, 15) is 19.5 Å². The van der Waals surface area contributed by atoms with E-state index in [1.54, 1.807) is 17.1 Å². The minimum Gasteiger partial charge on any atom is -0.463 e. The van der Waals surface area contributed by atoms with Gasteiger partial charge in [0.25, 0.3) is 0 Å². The summed E-state index contributed by atoms with van der Waals surface area (Å²) in [6.07, 6.45) is 8.28. The van der Waals surface area contributed by atoms with Crippen molar-refractivity contribution in [3.05, 3.63) is 96.7 Å². The Morgan fingerprint density at radius 2 is 1.86 bits per heavy atom. The number of carbonyl (C=O) groups excluding carboxylic acids is 3. The number of H-pyrrole nitrogens is 1. The van der Waals surface area contributed by atoms with Crippen molar-refractivity contribution in [2.75, 3.05) is 13.2 Å². The molecule has 3 atom stereocenters. The molecule has 4 rings (SSSR count). The molecule has 8 nitrogen and oxygen atoms in total. The second-order valence-corrected chi connectivity index (χ2v) is 10.9. The highest BCUT2D eigenvalue weighted by Crippen LogP contribution is 2.26. The van der Waals surface area contributed by atoms with Crippen LogP contribution in [0.5, 0.6) is 0 Å². The van der Waals surface area contributed by atoms with Gasteiger partial charge in [0.05, 0.1) is 24.6 Å². The quantitative estimate of drug-likeness (QED) is 0.140. The number of aromatic amines is 1. The van der Waals surface area contributed by atoms with Gasteiger partial charge < -0.3 is 25.0 Å². The zero-order valence-electron chi connectivity index (χ0n) is 24.1. The third-order valence-corrected chi connectivity index (χ3v) is 7.85. The van der Waals surface area contributed by atoms with Crippen LogP contribution in [0.1, 0.15) is 48.8 Å². The Labute approximate surface area is 247 Å². The number of aromatic nitrogens is 1. The summed E-state index contributed by atoms with van der Waals surface area (Å²) in [7, 11) is 0. The molecule has 3 N–H and O–H groups in total. The first kappa shape index (κ1) is 30.8. The van der Waals surface area contributed by atoms with Gasteiger partial charge in [0, 0.05) is 36.5 Å². The van der Waals surface area contributed by atoms with Gasteiger partial charge in [-0.25, -0.2) is 0 Å². The molecule has 1 aliphatic heterocycles. The SMILES string of the molecule is C=CCCCC(=O)OCC(Cc1c[nH]c2ccccc12)NC(=O)C(CC=C)CC(=O)N1Cc2ccccc2CC1CO. The van der Waals surface area contributed by atoms with Crippen molar-refractivity contribution in [2.24, 2.45) is 5.92 Å². The second-order valence-electron chi connectivity index (χ2n) is 10.9. The first-order valence-corrected chi connectivity index (χ1v) is 14.6. The van der Waals surface area contributed by atoms with Gasteiger partial charge in [0.15, 0.2) is 0 Å². The Morgan fingerprint density at radius 1 is 1.10 bits per heavy atom. The maximum atomic E-state index is 13.6. The molecule has 0 aliphatic carbocycles. The molecule has 0 spiro atoms. The smallest absolute Gasteiger partial charge is 0.305 e. The summed E-state index contributed by atoms with van der Waals surface area (Å²) in [6.45, 7) is 7.75. The average Bonchev–Trinajstić information content (AvgIpc) is 3.41. The maximum absolute atomic E-state index is 13.6. The number of allylic oxidation sites excluding steroid dienone is 2. The number of nitrogens with zero attached hydrogens (tertiary/aromatic N) is 1. The molecular formula is C34H41N3O5. The Hall–Kier alpha value is -4.17. The monoisotopic (exact) mass is 571 g/mol. The number of esters is 1. The van der Waals surface area contributed by atoms with E-state index >= 15 is 0 Å². The van der Waals surface area contributed by atoms with E-state index in [4.69, 9.17) is 4.74 Å². The molecule has 42 heavy (non-hydrogen) atoms. The molecular weight excluding hydrogens is 530 g/mol. The lowest BCUT2D eigenvalue weighted by atomic mass is 9.92. The van der Waals surface area contributed by atoms with Crippen LogP contribution in [-0.4, -0.2) is 58.1 Å². The molecule has 2 amide bonds. The summed E-state index contributed by atoms with van der Waals surface area (Å²) in [5.74, 6) is -1.46. The number of amides is 2. The molecule has 2 heterocycles. The van der Waals surface area contributed by atoms with Crippen molar-refractivity contribution >= 4 is 28.7 Å². The summed E-state index contributed by atoms with van der Waals surface area (Å²) in [5.41, 5.74) is 4.15. The number of ether oxygens (including phenoxy) is 1. The molecule has 3 unspecified atom stereocenters. The Bertz CT molecular complexity index is 1400. The van der Waals surface area contributed by atoms with Gasteiger partial charge in [-0.05, 0) is 54.9 Å². The summed E-state index contributed by atoms with van der Waals surface area (Å²) in [4.78, 5) is 44.4. The molecule has 8 heteroatoms. The number of carbonyl (C=O) groups is 3. The predicted octanol–water partition coefficient (Wildman–Crippen LogP) is 4.62. The molecule has 2 aromatic carbocycles. The molecule has 3 aromatic rings. The third-order valence-electron chi connectivity index (χ3n) is 7.85. The summed E-state index contributed by atoms with van der Waals surface area (Å²) in [5, 5.41) is 14.1. The largest absolute Gasteiger partial charge is 0.463 e. The minimum absolute atomic E-state index is 0.0162. The molecule has 0 bridgehead atoms. The highest BCUT2D eigenvalue weighted by atomic mass is 16.5. The van der Waals surface area contributed by atoms with Gasteiger partial charge in [-0.3, -0.25) is 14.4 Å². The zero-order chi connectivity index (χ0) is 29.9. The number of fused-ring (bicyclic) bond motifs is 2. The van der Waals surface area contributed by atoms with Gasteiger partial charge in [-0.1, -0.05) is 54.6 Å². The van der Waals surface area contributed by atoms with E-state index in [0.29, 0.717) is 32.2 Å². The molecule has 0 fully saturated rings. The lowest BCUT2D eigenvalue weighted by Gasteiger charge is -2.36. The standard InChI is InChI=1S/C34H41N3O5/c1-3-5-6-16-33(40)42-23-28(17-27-20-35-31-15-10-9-14-30(27)31)36-34(41)25(11-4-2)19-32(39)37-21-26-13-8-7-12-24(26)18-29(37)22-38/h3-4,7-10,12-15,20,25,28-29,35,38H,1-2,5-6,11,16-19,21-23H2,(H,36,41). The highest BCUT2D eigenvalue weighted by molar-refractivity contribution is 5.87. The lowest BCUT2D eigenvalue weighted by Crippen LogP contribution is -2.48. The molecule has 0 saturated heterocycles. The van der Waals surface area contributed by atoms with Crippen LogP contribution in [0.4, 0.5) is 0 Å². The average molecular weight is 572 g/mol. The second kappa shape index (κ2) is 15.2. The predicted molar refractivity (Wildman–Crippen MR) is 163 cm³/mol. The molecule has 1 aromatic heterocycles. The fourth-order valence-electron chi connectivity index (χ4n) is 5.55. The van der Waals surface area contributed by atoms with Crippen molar-refractivity contribution in [2.45, 2.75) is 63.6 Å². The summed E-state index contributed by atoms with van der Waals surface area (Å²) in [6, 6.07) is 15.0. The van der Waals surface area contributed by atoms with E-state index in [1.165, 1.54) is 0 Å². The number of unbranched alkanes of at least 4 members (excludes halogenated alkanes) is 1. The third kappa shape index (κ3) is 7.97. The minimum atomic E-state index is -0.653. The van der Waals surface area contributed by atoms with Crippen LogP contribution in [0.3, 0.4) is 0 Å². The van der Waals surface area contributed by atoms with E-state index in [1.807, 2.05) is 54.7 Å². The number of aliphatic hydroxyl groups excluding tert-OH is 1. The van der Waals surface area contributed by atoms with Crippen LogP contribution in [-0.2, 0) is 38.5 Å². The van der Waals surface area contributed by atoms with Crippen LogP contribution in [0.2, 0.25) is 0 Å². The number of hydrogen-bond donors (Lipinski definition) is 3. The van der Waals surface area contributed by atoms with Crippen LogP contribution in [0, 0.1) is 5.92 Å². The van der Waals surface area contributed by atoms with Crippen LogP contribution in [0.25, 0.3) is 10.9 Å². The molecule has 1 aliphatic rings. The van der Waals surface area contributed by atoms with Gasteiger partial charge in [0.1, 0.15) is 6.61 Å². The molecule has 0 saturated carbocycles. The van der Waals surface area contributed by atoms with Crippen LogP contribution >= 0.6 is 0 Å². The molecule has 222 valence electrons. The van der Waals surface area contributed by atoms with E-state index < -0.39 is 12.0 Å². The van der Waals surface area contributed by atoms with Gasteiger partial charge >= 0.3 is 5.97 Å². The normalized spacial score (nSPS) is 15.8. The van der Waals surface area contributed by atoms with Gasteiger partial charge in [-0.15, -0.1) is 13.2 Å². The summed E-state index contributed by atoms with van der Waals surface area (Å²) < 4.78 is 5.57. The van der Waals surface area contributed by atoms with Gasteiger partial charge in [0.2, 0.25) is 11.8 Å². The zero-order valence-corrected chi connectivity index (χ0v) is 24.1. The number of benzene rings is 2.